The van der Waals surface area contributed by atoms with Gasteiger partial charge in [0.25, 0.3) is 0 Å². The summed E-state index contributed by atoms with van der Waals surface area (Å²) in [5.74, 6) is -1.44. The Kier molecular flexibility index (Phi) is 11.4. The van der Waals surface area contributed by atoms with Crippen LogP contribution >= 0.6 is 11.6 Å². The molecule has 9 nitrogen and oxygen atoms in total. The third-order valence-corrected chi connectivity index (χ3v) is 10.9. The van der Waals surface area contributed by atoms with E-state index in [9.17, 15) is 28.7 Å². The minimum Gasteiger partial charge on any atom is -0.733 e. The largest absolute Gasteiger partial charge is 0.733 e. The zero-order valence-electron chi connectivity index (χ0n) is 28.6. The Balaban J connectivity index is 1.40. The highest BCUT2D eigenvalue weighted by Gasteiger charge is 2.26. The van der Waals surface area contributed by atoms with Crippen LogP contribution in [-0.2, 0) is 35.0 Å². The van der Waals surface area contributed by atoms with Crippen LogP contribution in [0.1, 0.15) is 61.9 Å². The summed E-state index contributed by atoms with van der Waals surface area (Å²) in [6, 6.07) is 37.5. The Morgan fingerprint density at radius 3 is 2.12 bits per heavy atom. The molecule has 6 aromatic rings. The fraction of sp³-hybridized carbons (Fsp3) is 0.195. The van der Waals surface area contributed by atoms with Crippen molar-refractivity contribution in [2.75, 3.05) is 11.8 Å². The van der Waals surface area contributed by atoms with E-state index in [1.54, 1.807) is 31.2 Å². The second-order valence-corrected chi connectivity index (χ2v) is 15.0. The van der Waals surface area contributed by atoms with Crippen LogP contribution in [0.25, 0.3) is 10.9 Å². The van der Waals surface area contributed by atoms with E-state index in [0.29, 0.717) is 29.8 Å². The van der Waals surface area contributed by atoms with Crippen molar-refractivity contribution in [2.24, 2.45) is 0 Å². The molecule has 0 bridgehead atoms. The number of carboxylic acids is 1. The monoisotopic (exact) mass is 736 g/mol. The molecule has 0 saturated heterocycles. The van der Waals surface area contributed by atoms with Crippen molar-refractivity contribution in [1.82, 2.24) is 9.29 Å². The SMILES string of the molecule is Cc1cccc(N([O-])O)c1CS(=O)(=O)NCCc1c(CCCc2ccc(C(=O)O)cc2)c2cc(Cl)ccc2n1C(c1ccccc1)c1ccccc1. The Morgan fingerprint density at radius 2 is 1.50 bits per heavy atom. The summed E-state index contributed by atoms with van der Waals surface area (Å²) in [6.45, 7) is 1.77. The predicted molar refractivity (Wildman–Crippen MR) is 206 cm³/mol. The standard InChI is InChI=1S/C41H39ClN3O6S/c1-28-10-8-17-39(45(48)49)36(28)27-52(50,51)43-25-24-38-34(16-9-11-29-18-20-32(21-19-29)41(46)47)35-26-33(42)22-23-37(35)44(38)40(30-12-4-2-5-13-30)31-14-6-3-7-15-31/h2-8,10,12-15,17-23,26,40,43,48H,9,11,16,24-25,27H2,1H3,(H,46,47)/q-1. The zero-order chi connectivity index (χ0) is 36.8. The first-order valence-electron chi connectivity index (χ1n) is 17.0. The number of carbonyl (C=O) groups is 1. The minimum absolute atomic E-state index is 0.0771. The number of aromatic nitrogens is 1. The van der Waals surface area contributed by atoms with E-state index < -0.39 is 21.7 Å². The van der Waals surface area contributed by atoms with Gasteiger partial charge in [-0.25, -0.2) is 17.9 Å². The fourth-order valence-corrected chi connectivity index (χ4v) is 8.36. The number of benzene rings is 5. The average Bonchev–Trinajstić information content (AvgIpc) is 3.41. The second-order valence-electron chi connectivity index (χ2n) is 12.8. The van der Waals surface area contributed by atoms with Crippen LogP contribution in [0.5, 0.6) is 0 Å². The van der Waals surface area contributed by atoms with E-state index in [4.69, 9.17) is 11.6 Å². The van der Waals surface area contributed by atoms with Crippen LogP contribution in [0, 0.1) is 12.1 Å². The van der Waals surface area contributed by atoms with Gasteiger partial charge in [0, 0.05) is 34.6 Å². The van der Waals surface area contributed by atoms with Crippen molar-refractivity contribution >= 4 is 44.2 Å². The normalized spacial score (nSPS) is 11.7. The predicted octanol–water partition coefficient (Wildman–Crippen LogP) is 8.47. The highest BCUT2D eigenvalue weighted by molar-refractivity contribution is 7.88. The van der Waals surface area contributed by atoms with E-state index in [1.807, 2.05) is 66.7 Å². The molecule has 0 spiro atoms. The average molecular weight is 737 g/mol. The molecule has 0 aliphatic rings. The summed E-state index contributed by atoms with van der Waals surface area (Å²) in [7, 11) is -3.93. The van der Waals surface area contributed by atoms with Gasteiger partial charge in [0.15, 0.2) is 0 Å². The quantitative estimate of drug-likeness (QED) is 0.0901. The number of sulfonamides is 1. The molecule has 3 N–H and O–H groups in total. The number of halogens is 1. The van der Waals surface area contributed by atoms with Crippen LogP contribution in [-0.4, -0.2) is 35.8 Å². The molecule has 6 rings (SSSR count). The van der Waals surface area contributed by atoms with E-state index >= 15 is 0 Å². The first kappa shape index (κ1) is 36.8. The van der Waals surface area contributed by atoms with Crippen molar-refractivity contribution in [3.63, 3.8) is 0 Å². The lowest BCUT2D eigenvalue weighted by Gasteiger charge is -2.26. The highest BCUT2D eigenvalue weighted by Crippen LogP contribution is 2.38. The molecule has 52 heavy (non-hydrogen) atoms. The molecule has 0 aliphatic carbocycles. The third-order valence-electron chi connectivity index (χ3n) is 9.37. The first-order chi connectivity index (χ1) is 25.0. The summed E-state index contributed by atoms with van der Waals surface area (Å²) in [5, 5.41) is 32.1. The molecular formula is C41H39ClN3O6S-. The number of hydrogen-bond acceptors (Lipinski definition) is 6. The second kappa shape index (κ2) is 16.1. The van der Waals surface area contributed by atoms with Crippen LogP contribution in [0.3, 0.4) is 0 Å². The maximum absolute atomic E-state index is 13.5. The van der Waals surface area contributed by atoms with Gasteiger partial charge in [-0.1, -0.05) is 96.5 Å². The lowest BCUT2D eigenvalue weighted by molar-refractivity contribution is 0.0697. The fourth-order valence-electron chi connectivity index (χ4n) is 6.92. The molecule has 0 atom stereocenters. The van der Waals surface area contributed by atoms with E-state index in [2.05, 4.69) is 33.6 Å². The van der Waals surface area contributed by atoms with Crippen molar-refractivity contribution in [2.45, 2.75) is 44.4 Å². The Labute approximate surface area is 308 Å². The number of anilines is 1. The van der Waals surface area contributed by atoms with E-state index in [0.717, 1.165) is 45.3 Å². The molecule has 0 amide bonds. The van der Waals surface area contributed by atoms with Gasteiger partial charge >= 0.3 is 5.97 Å². The van der Waals surface area contributed by atoms with Gasteiger partial charge in [0.2, 0.25) is 10.0 Å². The van der Waals surface area contributed by atoms with Crippen LogP contribution in [0.4, 0.5) is 5.69 Å². The van der Waals surface area contributed by atoms with Gasteiger partial charge in [-0.3, -0.25) is 5.21 Å². The molecule has 0 saturated carbocycles. The molecule has 1 aromatic heterocycles. The van der Waals surface area contributed by atoms with Crippen LogP contribution < -0.4 is 9.95 Å². The Bertz CT molecular complexity index is 2240. The zero-order valence-corrected chi connectivity index (χ0v) is 30.1. The maximum Gasteiger partial charge on any atom is 0.335 e. The smallest absolute Gasteiger partial charge is 0.335 e. The molecular weight excluding hydrogens is 698 g/mol. The Morgan fingerprint density at radius 1 is 0.846 bits per heavy atom. The van der Waals surface area contributed by atoms with Gasteiger partial charge in [-0.05, 0) is 96.0 Å². The lowest BCUT2D eigenvalue weighted by Crippen LogP contribution is -2.29. The number of fused-ring (bicyclic) bond motifs is 1. The van der Waals surface area contributed by atoms with Crippen molar-refractivity contribution < 1.29 is 23.5 Å². The van der Waals surface area contributed by atoms with Gasteiger partial charge in [-0.2, -0.15) is 0 Å². The number of nitrogens with one attached hydrogen (secondary N) is 1. The number of rotatable bonds is 15. The number of aromatic carboxylic acids is 1. The molecule has 0 radical (unpaired) electrons. The lowest BCUT2D eigenvalue weighted by atomic mass is 9.97. The number of nitrogens with zero attached hydrogens (tertiary/aromatic N) is 2. The van der Waals surface area contributed by atoms with Gasteiger partial charge < -0.3 is 20.1 Å². The molecule has 0 fully saturated rings. The molecule has 0 aliphatic heterocycles. The topological polar surface area (TPSA) is 135 Å². The highest BCUT2D eigenvalue weighted by atomic mass is 35.5. The number of aryl methyl sites for hydroxylation is 3. The summed E-state index contributed by atoms with van der Waals surface area (Å²) in [6.07, 6.45) is 2.46. The van der Waals surface area contributed by atoms with Crippen LogP contribution in [0.15, 0.2) is 121 Å². The molecule has 1 heterocycles. The number of carboxylic acid groups (broad SMARTS) is 1. The summed E-state index contributed by atoms with van der Waals surface area (Å²) in [4.78, 5) is 11.4. The minimum atomic E-state index is -3.93. The van der Waals surface area contributed by atoms with Crippen LogP contribution in [0.2, 0.25) is 5.02 Å². The Hall–Kier alpha value is -4.97. The molecule has 268 valence electrons. The molecule has 11 heteroatoms. The van der Waals surface area contributed by atoms with E-state index in [1.165, 1.54) is 6.07 Å². The van der Waals surface area contributed by atoms with Crippen molar-refractivity contribution in [1.29, 1.82) is 0 Å². The first-order valence-corrected chi connectivity index (χ1v) is 19.0. The van der Waals surface area contributed by atoms with Gasteiger partial charge in [-0.15, -0.1) is 0 Å². The van der Waals surface area contributed by atoms with Gasteiger partial charge in [0.05, 0.1) is 23.0 Å². The molecule has 5 aromatic carbocycles. The van der Waals surface area contributed by atoms with Crippen molar-refractivity contribution in [3.8, 4) is 0 Å². The summed E-state index contributed by atoms with van der Waals surface area (Å²) < 4.78 is 32.1. The summed E-state index contributed by atoms with van der Waals surface area (Å²) >= 11 is 6.63. The summed E-state index contributed by atoms with van der Waals surface area (Å²) in [5.41, 5.74) is 7.03. The van der Waals surface area contributed by atoms with Crippen molar-refractivity contribution in [3.05, 3.63) is 176 Å². The van der Waals surface area contributed by atoms with Gasteiger partial charge in [0.1, 0.15) is 0 Å². The maximum atomic E-state index is 13.5. The third kappa shape index (κ3) is 8.39. The number of hydrogen-bond donors (Lipinski definition) is 3. The van der Waals surface area contributed by atoms with E-state index in [-0.39, 0.29) is 34.6 Å². The molecule has 0 unspecified atom stereocenters.